The first-order valence-corrected chi connectivity index (χ1v) is 9.82. The van der Waals surface area contributed by atoms with Gasteiger partial charge in [0, 0.05) is 10.7 Å². The second-order valence-corrected chi connectivity index (χ2v) is 7.30. The summed E-state index contributed by atoms with van der Waals surface area (Å²) >= 11 is 5.90. The van der Waals surface area contributed by atoms with Crippen LogP contribution in [0.1, 0.15) is 21.9 Å². The van der Waals surface area contributed by atoms with Gasteiger partial charge in [-0.15, -0.1) is 10.2 Å². The summed E-state index contributed by atoms with van der Waals surface area (Å²) in [5, 5.41) is 16.5. The third-order valence-corrected chi connectivity index (χ3v) is 5.18. The Bertz CT molecular complexity index is 1280. The molecule has 0 saturated heterocycles. The molecule has 2 heterocycles. The summed E-state index contributed by atoms with van der Waals surface area (Å²) in [4.78, 5) is 12.8. The molecule has 1 N–H and O–H groups in total. The first kappa shape index (κ1) is 20.6. The third kappa shape index (κ3) is 3.77. The van der Waals surface area contributed by atoms with Crippen molar-refractivity contribution >= 4 is 28.8 Å². The number of carbonyl (C=O) groups is 1. The number of anilines is 1. The van der Waals surface area contributed by atoms with E-state index in [1.807, 2.05) is 25.1 Å². The van der Waals surface area contributed by atoms with Gasteiger partial charge in [-0.3, -0.25) is 4.79 Å². The molecule has 0 fully saturated rings. The van der Waals surface area contributed by atoms with Gasteiger partial charge in [0.1, 0.15) is 0 Å². The van der Waals surface area contributed by atoms with Gasteiger partial charge >= 0.3 is 0 Å². The van der Waals surface area contributed by atoms with E-state index in [0.29, 0.717) is 33.6 Å². The summed E-state index contributed by atoms with van der Waals surface area (Å²) in [6.07, 6.45) is 0. The van der Waals surface area contributed by atoms with Crippen LogP contribution < -0.4 is 14.8 Å². The number of aromatic nitrogens is 4. The summed E-state index contributed by atoms with van der Waals surface area (Å²) in [6, 6.07) is 12.4. The number of rotatable bonds is 5. The summed E-state index contributed by atoms with van der Waals surface area (Å²) in [5.74, 6) is 0.848. The molecule has 0 radical (unpaired) electrons. The lowest BCUT2D eigenvalue weighted by Crippen LogP contribution is -2.18. The standard InChI is InChI=1S/C22H20ClN5O3/c1-12-19(14-5-10-17(30-3)18(11-14)31-4)21-26-25-20(13(2)28(21)27-12)22(29)24-16-8-6-15(23)7-9-16/h5-11H,1-4H3,(H,24,29). The fourth-order valence-electron chi connectivity index (χ4n) is 3.37. The van der Waals surface area contributed by atoms with Crippen LogP contribution >= 0.6 is 11.6 Å². The number of methoxy groups -OCH3 is 2. The molecule has 0 atom stereocenters. The highest BCUT2D eigenvalue weighted by molar-refractivity contribution is 6.30. The zero-order chi connectivity index (χ0) is 22.1. The number of nitrogens with one attached hydrogen (secondary N) is 1. The lowest BCUT2D eigenvalue weighted by molar-refractivity contribution is 0.102. The molecule has 4 rings (SSSR count). The van der Waals surface area contributed by atoms with Crippen LogP contribution in [0.15, 0.2) is 42.5 Å². The Hall–Kier alpha value is -3.65. The minimum atomic E-state index is -0.380. The number of aryl methyl sites for hydroxylation is 2. The number of hydrogen-bond donors (Lipinski definition) is 1. The molecule has 31 heavy (non-hydrogen) atoms. The predicted octanol–water partition coefficient (Wildman–Crippen LogP) is 4.33. The summed E-state index contributed by atoms with van der Waals surface area (Å²) in [7, 11) is 3.17. The molecule has 2 aromatic heterocycles. The van der Waals surface area contributed by atoms with Gasteiger partial charge in [0.15, 0.2) is 22.8 Å². The first-order chi connectivity index (χ1) is 14.9. The zero-order valence-corrected chi connectivity index (χ0v) is 18.2. The van der Waals surface area contributed by atoms with E-state index in [1.165, 1.54) is 0 Å². The molecule has 8 nitrogen and oxygen atoms in total. The second kappa shape index (κ2) is 8.23. The molecule has 0 aliphatic heterocycles. The largest absolute Gasteiger partial charge is 0.493 e. The number of ether oxygens (including phenoxy) is 2. The highest BCUT2D eigenvalue weighted by Gasteiger charge is 2.21. The van der Waals surface area contributed by atoms with Crippen molar-refractivity contribution in [3.63, 3.8) is 0 Å². The van der Waals surface area contributed by atoms with Crippen molar-refractivity contribution in [2.45, 2.75) is 13.8 Å². The average molecular weight is 438 g/mol. The van der Waals surface area contributed by atoms with E-state index in [1.54, 1.807) is 49.9 Å². The maximum absolute atomic E-state index is 12.8. The van der Waals surface area contributed by atoms with E-state index in [-0.39, 0.29) is 11.6 Å². The Morgan fingerprint density at radius 2 is 1.71 bits per heavy atom. The van der Waals surface area contributed by atoms with E-state index in [2.05, 4.69) is 20.6 Å². The zero-order valence-electron chi connectivity index (χ0n) is 17.4. The van der Waals surface area contributed by atoms with Crippen molar-refractivity contribution in [3.8, 4) is 22.6 Å². The lowest BCUT2D eigenvalue weighted by Gasteiger charge is -2.10. The van der Waals surface area contributed by atoms with Crippen molar-refractivity contribution in [1.29, 1.82) is 0 Å². The van der Waals surface area contributed by atoms with Gasteiger partial charge in [-0.05, 0) is 55.8 Å². The number of amides is 1. The number of benzene rings is 2. The van der Waals surface area contributed by atoms with Crippen molar-refractivity contribution in [1.82, 2.24) is 19.8 Å². The van der Waals surface area contributed by atoms with E-state index in [0.717, 1.165) is 16.8 Å². The highest BCUT2D eigenvalue weighted by Crippen LogP contribution is 2.35. The van der Waals surface area contributed by atoms with Crippen molar-refractivity contribution in [3.05, 3.63) is 64.6 Å². The molecule has 0 aliphatic rings. The van der Waals surface area contributed by atoms with Gasteiger partial charge in [-0.1, -0.05) is 17.7 Å². The van der Waals surface area contributed by atoms with Gasteiger partial charge in [0.05, 0.1) is 31.2 Å². The number of hydrogen-bond acceptors (Lipinski definition) is 6. The smallest absolute Gasteiger partial charge is 0.278 e. The van der Waals surface area contributed by atoms with E-state index in [4.69, 9.17) is 21.1 Å². The second-order valence-electron chi connectivity index (χ2n) is 6.86. The molecule has 4 aromatic rings. The molecule has 0 spiro atoms. The molecule has 1 amide bonds. The Labute approximate surface area is 183 Å². The van der Waals surface area contributed by atoms with Crippen LogP contribution in [0.5, 0.6) is 11.5 Å². The lowest BCUT2D eigenvalue weighted by atomic mass is 10.1. The normalized spacial score (nSPS) is 10.9. The number of fused-ring (bicyclic) bond motifs is 1. The molecular formula is C22H20ClN5O3. The molecular weight excluding hydrogens is 418 g/mol. The SMILES string of the molecule is COc1ccc(-c2c(C)nn3c(C)c(C(=O)Nc4ccc(Cl)cc4)nnc23)cc1OC. The fraction of sp³-hybridized carbons (Fsp3) is 0.182. The van der Waals surface area contributed by atoms with Crippen LogP contribution in [-0.4, -0.2) is 39.9 Å². The number of carbonyl (C=O) groups excluding carboxylic acids is 1. The number of nitrogens with zero attached hydrogens (tertiary/aromatic N) is 4. The summed E-state index contributed by atoms with van der Waals surface area (Å²) in [5.41, 5.74) is 4.33. The first-order valence-electron chi connectivity index (χ1n) is 9.45. The Morgan fingerprint density at radius 1 is 1.00 bits per heavy atom. The van der Waals surface area contributed by atoms with E-state index >= 15 is 0 Å². The van der Waals surface area contributed by atoms with Crippen LogP contribution in [0.2, 0.25) is 5.02 Å². The summed E-state index contributed by atoms with van der Waals surface area (Å²) in [6.45, 7) is 3.66. The van der Waals surface area contributed by atoms with E-state index < -0.39 is 0 Å². The molecule has 158 valence electrons. The fourth-order valence-corrected chi connectivity index (χ4v) is 3.50. The average Bonchev–Trinajstić information content (AvgIpc) is 3.11. The van der Waals surface area contributed by atoms with Crippen molar-refractivity contribution in [2.75, 3.05) is 19.5 Å². The number of halogens is 1. The van der Waals surface area contributed by atoms with Crippen molar-refractivity contribution in [2.24, 2.45) is 0 Å². The molecule has 0 unspecified atom stereocenters. The summed E-state index contributed by atoms with van der Waals surface area (Å²) < 4.78 is 12.4. The topological polar surface area (TPSA) is 90.6 Å². The van der Waals surface area contributed by atoms with Crippen LogP contribution in [0.4, 0.5) is 5.69 Å². The molecule has 0 saturated carbocycles. The van der Waals surface area contributed by atoms with Crippen LogP contribution in [-0.2, 0) is 0 Å². The van der Waals surface area contributed by atoms with Gasteiger partial charge in [0.2, 0.25) is 0 Å². The monoisotopic (exact) mass is 437 g/mol. The maximum atomic E-state index is 12.8. The Kier molecular flexibility index (Phi) is 5.48. The Morgan fingerprint density at radius 3 is 2.39 bits per heavy atom. The highest BCUT2D eigenvalue weighted by atomic mass is 35.5. The maximum Gasteiger partial charge on any atom is 0.278 e. The predicted molar refractivity (Wildman–Crippen MR) is 118 cm³/mol. The van der Waals surface area contributed by atoms with Crippen LogP contribution in [0, 0.1) is 13.8 Å². The molecule has 2 aromatic carbocycles. The van der Waals surface area contributed by atoms with E-state index in [9.17, 15) is 4.79 Å². The van der Waals surface area contributed by atoms with Crippen LogP contribution in [0.25, 0.3) is 16.8 Å². The van der Waals surface area contributed by atoms with Crippen LogP contribution in [0.3, 0.4) is 0 Å². The minimum Gasteiger partial charge on any atom is -0.493 e. The van der Waals surface area contributed by atoms with Gasteiger partial charge in [0.25, 0.3) is 5.91 Å². The minimum absolute atomic E-state index is 0.184. The molecule has 9 heteroatoms. The van der Waals surface area contributed by atoms with Gasteiger partial charge in [-0.25, -0.2) is 4.52 Å². The van der Waals surface area contributed by atoms with Gasteiger partial charge in [-0.2, -0.15) is 5.10 Å². The van der Waals surface area contributed by atoms with Crippen molar-refractivity contribution < 1.29 is 14.3 Å². The quantitative estimate of drug-likeness (QED) is 0.499. The van der Waals surface area contributed by atoms with Gasteiger partial charge < -0.3 is 14.8 Å². The molecule has 0 aliphatic carbocycles. The molecule has 0 bridgehead atoms. The Balaban J connectivity index is 1.75. The third-order valence-electron chi connectivity index (χ3n) is 4.93.